The summed E-state index contributed by atoms with van der Waals surface area (Å²) in [6.45, 7) is 3.86. The molecule has 1 N–H and O–H groups in total. The molecule has 1 amide bonds. The summed E-state index contributed by atoms with van der Waals surface area (Å²) >= 11 is 5.88. The topological polar surface area (TPSA) is 82.7 Å². The van der Waals surface area contributed by atoms with E-state index in [2.05, 4.69) is 10.2 Å². The highest BCUT2D eigenvalue weighted by molar-refractivity contribution is 6.30. The fraction of sp³-hybridized carbons (Fsp3) is 0.400. The molecule has 3 rings (SSSR count). The molecule has 128 valence electrons. The van der Waals surface area contributed by atoms with Crippen molar-refractivity contribution in [3.05, 3.63) is 34.9 Å². The number of carbonyl (C=O) groups is 1. The first-order chi connectivity index (χ1) is 11.5. The van der Waals surface area contributed by atoms with Crippen LogP contribution in [0.3, 0.4) is 0 Å². The number of hydrogen-bond donors (Lipinski definition) is 1. The number of carboxylic acid groups (broad SMARTS) is 1. The zero-order chi connectivity index (χ0) is 17.3. The van der Waals surface area contributed by atoms with Crippen LogP contribution in [0.4, 0.5) is 9.18 Å². The lowest BCUT2D eigenvalue weighted by Crippen LogP contribution is -2.48. The van der Waals surface area contributed by atoms with Crippen LogP contribution >= 0.6 is 11.6 Å². The molecule has 2 heterocycles. The second-order valence-electron chi connectivity index (χ2n) is 5.55. The van der Waals surface area contributed by atoms with Crippen molar-refractivity contribution in [2.24, 2.45) is 0 Å². The van der Waals surface area contributed by atoms with Crippen molar-refractivity contribution in [1.29, 1.82) is 0 Å². The van der Waals surface area contributed by atoms with E-state index < -0.39 is 11.9 Å². The summed E-state index contributed by atoms with van der Waals surface area (Å²) in [5.41, 5.74) is 0.157. The third kappa shape index (κ3) is 3.34. The molecule has 1 fully saturated rings. The molecule has 1 aliphatic heterocycles. The first-order valence-electron chi connectivity index (χ1n) is 7.46. The van der Waals surface area contributed by atoms with Crippen LogP contribution < -0.4 is 0 Å². The Bertz CT molecular complexity index is 746. The van der Waals surface area contributed by atoms with Crippen LogP contribution in [-0.2, 0) is 0 Å². The Labute approximate surface area is 142 Å². The zero-order valence-corrected chi connectivity index (χ0v) is 13.7. The van der Waals surface area contributed by atoms with E-state index in [0.717, 1.165) is 0 Å². The quantitative estimate of drug-likeness (QED) is 0.912. The predicted octanol–water partition coefficient (Wildman–Crippen LogP) is 2.89. The van der Waals surface area contributed by atoms with Crippen LogP contribution in [0.15, 0.2) is 22.6 Å². The maximum atomic E-state index is 13.9. The van der Waals surface area contributed by atoms with Gasteiger partial charge >= 0.3 is 6.09 Å². The second kappa shape index (κ2) is 6.74. The maximum Gasteiger partial charge on any atom is 0.407 e. The maximum absolute atomic E-state index is 13.9. The largest absolute Gasteiger partial charge is 0.465 e. The molecule has 2 aromatic rings. The molecule has 1 aliphatic rings. The van der Waals surface area contributed by atoms with Crippen molar-refractivity contribution in [1.82, 2.24) is 20.0 Å². The van der Waals surface area contributed by atoms with Gasteiger partial charge in [-0.2, -0.15) is 0 Å². The lowest BCUT2D eigenvalue weighted by molar-refractivity contribution is 0.0822. The third-order valence-corrected chi connectivity index (χ3v) is 4.32. The number of nitrogens with zero attached hydrogens (tertiary/aromatic N) is 4. The fourth-order valence-corrected chi connectivity index (χ4v) is 2.80. The summed E-state index contributed by atoms with van der Waals surface area (Å²) in [7, 11) is 0. The molecular formula is C15H16ClFN4O3. The molecule has 1 aromatic carbocycles. The van der Waals surface area contributed by atoms with E-state index in [1.807, 2.05) is 11.8 Å². The van der Waals surface area contributed by atoms with Gasteiger partial charge < -0.3 is 14.4 Å². The van der Waals surface area contributed by atoms with E-state index in [-0.39, 0.29) is 17.5 Å². The summed E-state index contributed by atoms with van der Waals surface area (Å²) in [6, 6.07) is 3.94. The highest BCUT2D eigenvalue weighted by Crippen LogP contribution is 2.28. The summed E-state index contributed by atoms with van der Waals surface area (Å²) in [5.74, 6) is -0.0634. The number of rotatable bonds is 3. The Kier molecular flexibility index (Phi) is 4.68. The van der Waals surface area contributed by atoms with Crippen LogP contribution in [0.1, 0.15) is 18.9 Å². The number of benzene rings is 1. The van der Waals surface area contributed by atoms with Crippen LogP contribution in [0.25, 0.3) is 11.5 Å². The number of aromatic nitrogens is 2. The van der Waals surface area contributed by atoms with Gasteiger partial charge in [-0.1, -0.05) is 11.6 Å². The van der Waals surface area contributed by atoms with E-state index in [1.54, 1.807) is 0 Å². The number of piperazine rings is 1. The molecule has 1 aromatic heterocycles. The summed E-state index contributed by atoms with van der Waals surface area (Å²) in [5, 5.41) is 17.3. The van der Waals surface area contributed by atoms with Gasteiger partial charge in [-0.25, -0.2) is 9.18 Å². The number of amides is 1. The van der Waals surface area contributed by atoms with Gasteiger partial charge in [0, 0.05) is 31.2 Å². The average Bonchev–Trinajstić information content (AvgIpc) is 3.06. The summed E-state index contributed by atoms with van der Waals surface area (Å²) in [4.78, 5) is 14.4. The molecule has 1 saturated heterocycles. The van der Waals surface area contributed by atoms with Crippen molar-refractivity contribution in [2.75, 3.05) is 26.2 Å². The third-order valence-electron chi connectivity index (χ3n) is 4.09. The van der Waals surface area contributed by atoms with Gasteiger partial charge in [0.2, 0.25) is 5.89 Å². The molecule has 0 radical (unpaired) electrons. The van der Waals surface area contributed by atoms with Crippen LogP contribution in [0.2, 0.25) is 5.02 Å². The number of hydrogen-bond acceptors (Lipinski definition) is 5. The fourth-order valence-electron chi connectivity index (χ4n) is 2.63. The van der Waals surface area contributed by atoms with Gasteiger partial charge in [0.15, 0.2) is 0 Å². The zero-order valence-electron chi connectivity index (χ0n) is 12.9. The van der Waals surface area contributed by atoms with Gasteiger partial charge in [-0.15, -0.1) is 10.2 Å². The lowest BCUT2D eigenvalue weighted by atomic mass is 10.2. The highest BCUT2D eigenvalue weighted by atomic mass is 35.5. The Morgan fingerprint density at radius 1 is 1.33 bits per heavy atom. The molecule has 0 aliphatic carbocycles. The Balaban J connectivity index is 1.74. The molecule has 9 heteroatoms. The van der Waals surface area contributed by atoms with Crippen molar-refractivity contribution >= 4 is 17.7 Å². The Morgan fingerprint density at radius 3 is 2.71 bits per heavy atom. The average molecular weight is 355 g/mol. The molecule has 0 spiro atoms. The molecular weight excluding hydrogens is 339 g/mol. The van der Waals surface area contributed by atoms with Gasteiger partial charge in [0.25, 0.3) is 5.89 Å². The van der Waals surface area contributed by atoms with E-state index >= 15 is 0 Å². The first kappa shape index (κ1) is 16.7. The van der Waals surface area contributed by atoms with E-state index in [4.69, 9.17) is 21.1 Å². The normalized spacial score (nSPS) is 17.0. The molecule has 0 bridgehead atoms. The minimum absolute atomic E-state index is 0.0704. The standard InChI is InChI=1S/C15H16ClFN4O3/c1-9(20-4-6-21(7-5-20)15(22)23)13-18-19-14(24-13)11-8-10(16)2-3-12(11)17/h2-3,8-9H,4-7H2,1H3,(H,22,23). The number of halogens is 2. The molecule has 1 atom stereocenters. The van der Waals surface area contributed by atoms with Gasteiger partial charge in [0.05, 0.1) is 11.6 Å². The highest BCUT2D eigenvalue weighted by Gasteiger charge is 2.27. The van der Waals surface area contributed by atoms with Crippen molar-refractivity contribution in [3.63, 3.8) is 0 Å². The van der Waals surface area contributed by atoms with Crippen LogP contribution in [-0.4, -0.2) is 57.4 Å². The van der Waals surface area contributed by atoms with Crippen LogP contribution in [0, 0.1) is 5.82 Å². The Morgan fingerprint density at radius 2 is 2.04 bits per heavy atom. The van der Waals surface area contributed by atoms with Crippen molar-refractivity contribution in [2.45, 2.75) is 13.0 Å². The first-order valence-corrected chi connectivity index (χ1v) is 7.84. The minimum Gasteiger partial charge on any atom is -0.465 e. The lowest BCUT2D eigenvalue weighted by Gasteiger charge is -2.35. The van der Waals surface area contributed by atoms with E-state index in [1.165, 1.54) is 23.1 Å². The Hall–Kier alpha value is -2.19. The monoisotopic (exact) mass is 354 g/mol. The van der Waals surface area contributed by atoms with Gasteiger partial charge in [-0.3, -0.25) is 4.90 Å². The SMILES string of the molecule is CC(c1nnc(-c2cc(Cl)ccc2F)o1)N1CCN(C(=O)O)CC1. The molecule has 0 saturated carbocycles. The van der Waals surface area contributed by atoms with Crippen molar-refractivity contribution in [3.8, 4) is 11.5 Å². The smallest absolute Gasteiger partial charge is 0.407 e. The van der Waals surface area contributed by atoms with E-state index in [9.17, 15) is 9.18 Å². The predicted molar refractivity (Wildman–Crippen MR) is 84.3 cm³/mol. The minimum atomic E-state index is -0.918. The molecule has 1 unspecified atom stereocenters. The second-order valence-corrected chi connectivity index (χ2v) is 5.99. The summed E-state index contributed by atoms with van der Waals surface area (Å²) < 4.78 is 19.5. The van der Waals surface area contributed by atoms with Crippen molar-refractivity contribution < 1.29 is 18.7 Å². The van der Waals surface area contributed by atoms with Gasteiger partial charge in [0.1, 0.15) is 5.82 Å². The van der Waals surface area contributed by atoms with Crippen LogP contribution in [0.5, 0.6) is 0 Å². The molecule has 24 heavy (non-hydrogen) atoms. The van der Waals surface area contributed by atoms with E-state index in [0.29, 0.717) is 37.1 Å². The van der Waals surface area contributed by atoms with Gasteiger partial charge in [-0.05, 0) is 25.1 Å². The summed E-state index contributed by atoms with van der Waals surface area (Å²) in [6.07, 6.45) is -0.918. The molecule has 7 nitrogen and oxygen atoms in total.